The van der Waals surface area contributed by atoms with Gasteiger partial charge in [0.15, 0.2) is 5.96 Å². The molecular formula is C19H31FIN5O. The Balaban J connectivity index is 0.00000364. The Labute approximate surface area is 178 Å². The molecule has 1 aliphatic rings. The molecule has 3 N–H and O–H groups in total. The molecule has 1 aromatic carbocycles. The lowest BCUT2D eigenvalue weighted by atomic mass is 9.95. The van der Waals surface area contributed by atoms with Gasteiger partial charge in [0.05, 0.1) is 6.04 Å². The summed E-state index contributed by atoms with van der Waals surface area (Å²) in [7, 11) is 5.71. The first-order chi connectivity index (χ1) is 12.4. The van der Waals surface area contributed by atoms with Crippen molar-refractivity contribution in [1.82, 2.24) is 15.1 Å². The maximum absolute atomic E-state index is 13.6. The van der Waals surface area contributed by atoms with Crippen LogP contribution in [0, 0.1) is 11.7 Å². The molecule has 1 aliphatic heterocycles. The highest BCUT2D eigenvalue weighted by atomic mass is 127. The zero-order valence-corrected chi connectivity index (χ0v) is 18.7. The van der Waals surface area contributed by atoms with Crippen molar-refractivity contribution in [3.05, 3.63) is 35.6 Å². The summed E-state index contributed by atoms with van der Waals surface area (Å²) in [6, 6.07) is 6.71. The van der Waals surface area contributed by atoms with Crippen LogP contribution < -0.4 is 11.1 Å². The highest BCUT2D eigenvalue weighted by Gasteiger charge is 2.24. The van der Waals surface area contributed by atoms with Crippen LogP contribution in [0.3, 0.4) is 0 Å². The number of carbonyl (C=O) groups excluding carboxylic acids is 1. The Morgan fingerprint density at radius 2 is 2.22 bits per heavy atom. The molecule has 1 amide bonds. The molecule has 0 radical (unpaired) electrons. The van der Waals surface area contributed by atoms with Gasteiger partial charge in [0.2, 0.25) is 5.91 Å². The van der Waals surface area contributed by atoms with Crippen LogP contribution in [0.5, 0.6) is 0 Å². The minimum atomic E-state index is -0.251. The van der Waals surface area contributed by atoms with E-state index in [-0.39, 0.29) is 47.7 Å². The minimum Gasteiger partial charge on any atom is -0.370 e. The number of halogens is 2. The number of likely N-dealkylation sites (N-methyl/N-ethyl adjacent to an activating group) is 1. The molecule has 1 aromatic rings. The van der Waals surface area contributed by atoms with Crippen LogP contribution in [0.25, 0.3) is 0 Å². The van der Waals surface area contributed by atoms with E-state index < -0.39 is 0 Å². The molecular weight excluding hydrogens is 460 g/mol. The van der Waals surface area contributed by atoms with Gasteiger partial charge in [-0.2, -0.15) is 0 Å². The Kier molecular flexibility index (Phi) is 10.00. The SMILES string of the molecule is CN=C(NCC(c1cccc(F)c1)N(C)C)N1CCCC(CC(N)=O)C1.I. The van der Waals surface area contributed by atoms with Crippen LogP contribution in [0.1, 0.15) is 30.9 Å². The van der Waals surface area contributed by atoms with Gasteiger partial charge in [0, 0.05) is 33.1 Å². The van der Waals surface area contributed by atoms with Crippen LogP contribution >= 0.6 is 24.0 Å². The van der Waals surface area contributed by atoms with Crippen molar-refractivity contribution in [2.75, 3.05) is 40.8 Å². The molecule has 1 heterocycles. The molecule has 2 atom stereocenters. The lowest BCUT2D eigenvalue weighted by Crippen LogP contribution is -2.48. The number of benzene rings is 1. The molecule has 27 heavy (non-hydrogen) atoms. The van der Waals surface area contributed by atoms with E-state index >= 15 is 0 Å². The Morgan fingerprint density at radius 1 is 1.48 bits per heavy atom. The number of primary amides is 1. The van der Waals surface area contributed by atoms with Crippen molar-refractivity contribution >= 4 is 35.8 Å². The third-order valence-electron chi connectivity index (χ3n) is 4.83. The molecule has 152 valence electrons. The van der Waals surface area contributed by atoms with Crippen molar-refractivity contribution in [1.29, 1.82) is 0 Å². The molecule has 6 nitrogen and oxygen atoms in total. The van der Waals surface area contributed by atoms with Crippen LogP contribution in [-0.4, -0.2) is 62.4 Å². The minimum absolute atomic E-state index is 0. The first-order valence-electron chi connectivity index (χ1n) is 9.06. The van der Waals surface area contributed by atoms with E-state index in [1.54, 1.807) is 19.2 Å². The average Bonchev–Trinajstić information content (AvgIpc) is 2.58. The van der Waals surface area contributed by atoms with Crippen LogP contribution in [-0.2, 0) is 4.79 Å². The monoisotopic (exact) mass is 491 g/mol. The van der Waals surface area contributed by atoms with Gasteiger partial charge in [-0.05, 0) is 50.6 Å². The number of guanidine groups is 1. The van der Waals surface area contributed by atoms with Crippen LogP contribution in [0.4, 0.5) is 4.39 Å². The molecule has 8 heteroatoms. The Morgan fingerprint density at radius 3 is 2.81 bits per heavy atom. The topological polar surface area (TPSA) is 74.0 Å². The van der Waals surface area contributed by atoms with Gasteiger partial charge in [-0.15, -0.1) is 24.0 Å². The largest absolute Gasteiger partial charge is 0.370 e. The number of rotatable bonds is 6. The maximum Gasteiger partial charge on any atom is 0.217 e. The number of piperidine rings is 1. The second-order valence-electron chi connectivity index (χ2n) is 7.09. The number of aliphatic imine (C=N–C) groups is 1. The third-order valence-corrected chi connectivity index (χ3v) is 4.83. The zero-order chi connectivity index (χ0) is 19.1. The summed E-state index contributed by atoms with van der Waals surface area (Å²) in [5, 5.41) is 3.41. The zero-order valence-electron chi connectivity index (χ0n) is 16.3. The van der Waals surface area contributed by atoms with Crippen molar-refractivity contribution < 1.29 is 9.18 Å². The molecule has 2 unspecified atom stereocenters. The summed E-state index contributed by atoms with van der Waals surface area (Å²) in [5.74, 6) is 0.595. The van der Waals surface area contributed by atoms with Crippen molar-refractivity contribution in [2.45, 2.75) is 25.3 Å². The van der Waals surface area contributed by atoms with E-state index in [2.05, 4.69) is 20.1 Å². The predicted octanol–water partition coefficient (Wildman–Crippen LogP) is 2.21. The number of nitrogens with zero attached hydrogens (tertiary/aromatic N) is 3. The molecule has 0 aliphatic carbocycles. The normalized spacial score (nSPS) is 18.8. The van der Waals surface area contributed by atoms with Gasteiger partial charge in [0.1, 0.15) is 5.82 Å². The van der Waals surface area contributed by atoms with Gasteiger partial charge in [-0.1, -0.05) is 12.1 Å². The van der Waals surface area contributed by atoms with Gasteiger partial charge in [-0.3, -0.25) is 9.79 Å². The highest BCUT2D eigenvalue weighted by molar-refractivity contribution is 14.0. The van der Waals surface area contributed by atoms with Gasteiger partial charge in [-0.25, -0.2) is 4.39 Å². The fraction of sp³-hybridized carbons (Fsp3) is 0.579. The van der Waals surface area contributed by atoms with Gasteiger partial charge >= 0.3 is 0 Å². The molecule has 1 saturated heterocycles. The summed E-state index contributed by atoms with van der Waals surface area (Å²) in [4.78, 5) is 19.8. The van der Waals surface area contributed by atoms with E-state index in [4.69, 9.17) is 5.73 Å². The first kappa shape index (κ1) is 23.6. The summed E-state index contributed by atoms with van der Waals surface area (Å²) in [5.41, 5.74) is 6.27. The van der Waals surface area contributed by atoms with E-state index in [0.717, 1.165) is 37.5 Å². The molecule has 2 rings (SSSR count). The molecule has 0 saturated carbocycles. The lowest BCUT2D eigenvalue weighted by molar-refractivity contribution is -0.119. The van der Waals surface area contributed by atoms with Crippen molar-refractivity contribution in [3.63, 3.8) is 0 Å². The summed E-state index contributed by atoms with van der Waals surface area (Å²) >= 11 is 0. The van der Waals surface area contributed by atoms with Crippen molar-refractivity contribution in [2.24, 2.45) is 16.6 Å². The standard InChI is InChI=1S/C19H30FN5O.HI/c1-22-19(25-9-5-6-14(13-25)10-18(21)26)23-12-17(24(2)3)15-7-4-8-16(20)11-15;/h4,7-8,11,14,17H,5-6,9-10,12-13H2,1-3H3,(H2,21,26)(H,22,23);1H. The number of carbonyl (C=O) groups is 1. The highest BCUT2D eigenvalue weighted by Crippen LogP contribution is 2.21. The maximum atomic E-state index is 13.6. The third kappa shape index (κ3) is 7.25. The quantitative estimate of drug-likeness (QED) is 0.364. The predicted molar refractivity (Wildman–Crippen MR) is 118 cm³/mol. The molecule has 0 aromatic heterocycles. The fourth-order valence-electron chi connectivity index (χ4n) is 3.54. The molecule has 1 fully saturated rings. The second-order valence-corrected chi connectivity index (χ2v) is 7.09. The number of likely N-dealkylation sites (tertiary alicyclic amines) is 1. The van der Waals surface area contributed by atoms with Gasteiger partial charge in [0.25, 0.3) is 0 Å². The van der Waals surface area contributed by atoms with E-state index in [1.165, 1.54) is 6.07 Å². The average molecular weight is 491 g/mol. The number of nitrogens with one attached hydrogen (secondary N) is 1. The van der Waals surface area contributed by atoms with Crippen molar-refractivity contribution in [3.8, 4) is 0 Å². The van der Waals surface area contributed by atoms with E-state index in [9.17, 15) is 9.18 Å². The van der Waals surface area contributed by atoms with Crippen LogP contribution in [0.15, 0.2) is 29.3 Å². The van der Waals surface area contributed by atoms with Gasteiger partial charge < -0.3 is 20.9 Å². The van der Waals surface area contributed by atoms with E-state index in [1.807, 2.05) is 20.2 Å². The molecule has 0 bridgehead atoms. The number of amides is 1. The Hall–Kier alpha value is -1.42. The molecule has 0 spiro atoms. The summed E-state index contributed by atoms with van der Waals surface area (Å²) < 4.78 is 13.6. The number of hydrogen-bond acceptors (Lipinski definition) is 3. The number of hydrogen-bond donors (Lipinski definition) is 2. The first-order valence-corrected chi connectivity index (χ1v) is 9.06. The number of nitrogens with two attached hydrogens (primary N) is 1. The second kappa shape index (κ2) is 11.4. The summed E-state index contributed by atoms with van der Waals surface area (Å²) in [6.45, 7) is 2.29. The van der Waals surface area contributed by atoms with Crippen LogP contribution in [0.2, 0.25) is 0 Å². The summed E-state index contributed by atoms with van der Waals surface area (Å²) in [6.07, 6.45) is 2.44. The van der Waals surface area contributed by atoms with E-state index in [0.29, 0.717) is 13.0 Å². The Bertz CT molecular complexity index is 640. The fourth-order valence-corrected chi connectivity index (χ4v) is 3.54. The lowest BCUT2D eigenvalue weighted by Gasteiger charge is -2.35. The smallest absolute Gasteiger partial charge is 0.217 e.